The molecule has 7 heteroatoms. The number of aromatic nitrogens is 1. The molecule has 3 rings (SSSR count). The zero-order chi connectivity index (χ0) is 17.8. The molecule has 0 fully saturated rings. The normalized spacial score (nSPS) is 10.5. The average molecular weight is 374 g/mol. The van der Waals surface area contributed by atoms with E-state index in [0.717, 1.165) is 10.9 Å². The molecular weight excluding hydrogens is 361 g/mol. The number of hydrogen-bond donors (Lipinski definition) is 2. The van der Waals surface area contributed by atoms with E-state index in [-0.39, 0.29) is 17.5 Å². The second kappa shape index (κ2) is 7.51. The standard InChI is InChI=1S/C18H13Cl2N3O2/c19-14-6-5-12(8-15(14)20)18(25)22-10-17(24)23-13-7-11-3-1-2-4-16(11)21-9-13/h1-9H,10H2,(H,22,25)(H,23,24). The van der Waals surface area contributed by atoms with Gasteiger partial charge in [-0.15, -0.1) is 0 Å². The number of hydrogen-bond acceptors (Lipinski definition) is 3. The van der Waals surface area contributed by atoms with Crippen LogP contribution < -0.4 is 10.6 Å². The number of halogens is 2. The Kier molecular flexibility index (Phi) is 5.16. The van der Waals surface area contributed by atoms with Gasteiger partial charge in [-0.25, -0.2) is 0 Å². The first-order chi connectivity index (χ1) is 12.0. The number of nitrogens with one attached hydrogen (secondary N) is 2. The van der Waals surface area contributed by atoms with Crippen LogP contribution in [0.25, 0.3) is 10.9 Å². The lowest BCUT2D eigenvalue weighted by Gasteiger charge is -2.08. The molecule has 3 aromatic rings. The highest BCUT2D eigenvalue weighted by molar-refractivity contribution is 6.42. The van der Waals surface area contributed by atoms with Gasteiger partial charge < -0.3 is 10.6 Å². The van der Waals surface area contributed by atoms with Gasteiger partial charge in [-0.05, 0) is 30.3 Å². The lowest BCUT2D eigenvalue weighted by atomic mass is 10.2. The summed E-state index contributed by atoms with van der Waals surface area (Å²) in [4.78, 5) is 28.3. The van der Waals surface area contributed by atoms with Crippen molar-refractivity contribution in [1.29, 1.82) is 0 Å². The second-order valence-electron chi connectivity index (χ2n) is 5.28. The third kappa shape index (κ3) is 4.26. The van der Waals surface area contributed by atoms with Crippen LogP contribution >= 0.6 is 23.2 Å². The SMILES string of the molecule is O=C(CNC(=O)c1ccc(Cl)c(Cl)c1)Nc1cnc2ccccc2c1. The topological polar surface area (TPSA) is 71.1 Å². The molecule has 2 amide bonds. The van der Waals surface area contributed by atoms with Crippen molar-refractivity contribution in [1.82, 2.24) is 10.3 Å². The maximum Gasteiger partial charge on any atom is 0.251 e. The highest BCUT2D eigenvalue weighted by atomic mass is 35.5. The van der Waals surface area contributed by atoms with E-state index in [9.17, 15) is 9.59 Å². The van der Waals surface area contributed by atoms with Crippen molar-refractivity contribution in [3.63, 3.8) is 0 Å². The zero-order valence-electron chi connectivity index (χ0n) is 12.9. The Balaban J connectivity index is 1.59. The van der Waals surface area contributed by atoms with Gasteiger partial charge in [-0.2, -0.15) is 0 Å². The van der Waals surface area contributed by atoms with Crippen molar-refractivity contribution >= 4 is 51.6 Å². The van der Waals surface area contributed by atoms with Crippen molar-refractivity contribution in [3.8, 4) is 0 Å². The minimum absolute atomic E-state index is 0.175. The van der Waals surface area contributed by atoms with E-state index in [1.807, 2.05) is 30.3 Å². The van der Waals surface area contributed by atoms with E-state index in [1.165, 1.54) is 18.2 Å². The molecule has 2 aromatic carbocycles. The van der Waals surface area contributed by atoms with Crippen LogP contribution in [0.5, 0.6) is 0 Å². The number of para-hydroxylation sites is 1. The Morgan fingerprint density at radius 1 is 1.00 bits per heavy atom. The molecule has 0 bridgehead atoms. The first-order valence-electron chi connectivity index (χ1n) is 7.41. The number of benzene rings is 2. The van der Waals surface area contributed by atoms with Gasteiger partial charge in [-0.1, -0.05) is 41.4 Å². The molecule has 0 aliphatic heterocycles. The van der Waals surface area contributed by atoms with Gasteiger partial charge >= 0.3 is 0 Å². The third-order valence-corrected chi connectivity index (χ3v) is 4.20. The fourth-order valence-electron chi connectivity index (χ4n) is 2.24. The number of carbonyl (C=O) groups excluding carboxylic acids is 2. The molecule has 126 valence electrons. The monoisotopic (exact) mass is 373 g/mol. The molecule has 0 radical (unpaired) electrons. The summed E-state index contributed by atoms with van der Waals surface area (Å²) in [6, 6.07) is 13.9. The first-order valence-corrected chi connectivity index (χ1v) is 8.16. The molecule has 0 spiro atoms. The molecule has 0 saturated carbocycles. The van der Waals surface area contributed by atoms with Gasteiger partial charge in [0.15, 0.2) is 0 Å². The number of carbonyl (C=O) groups is 2. The Labute approximate surface area is 154 Å². The maximum absolute atomic E-state index is 12.0. The molecule has 0 saturated heterocycles. The number of pyridine rings is 1. The summed E-state index contributed by atoms with van der Waals surface area (Å²) < 4.78 is 0. The van der Waals surface area contributed by atoms with Gasteiger partial charge in [0, 0.05) is 10.9 Å². The molecule has 2 N–H and O–H groups in total. The Bertz CT molecular complexity index is 960. The van der Waals surface area contributed by atoms with Crippen molar-refractivity contribution in [2.24, 2.45) is 0 Å². The quantitative estimate of drug-likeness (QED) is 0.728. The van der Waals surface area contributed by atoms with E-state index in [1.54, 1.807) is 6.20 Å². The van der Waals surface area contributed by atoms with Crippen LogP contribution in [0.4, 0.5) is 5.69 Å². The van der Waals surface area contributed by atoms with Crippen molar-refractivity contribution < 1.29 is 9.59 Å². The lowest BCUT2D eigenvalue weighted by Crippen LogP contribution is -2.32. The van der Waals surface area contributed by atoms with E-state index in [0.29, 0.717) is 16.3 Å². The van der Waals surface area contributed by atoms with Crippen LogP contribution in [-0.4, -0.2) is 23.3 Å². The van der Waals surface area contributed by atoms with E-state index >= 15 is 0 Å². The molecule has 0 atom stereocenters. The predicted molar refractivity (Wildman–Crippen MR) is 99.2 cm³/mol. The molecule has 1 aromatic heterocycles. The lowest BCUT2D eigenvalue weighted by molar-refractivity contribution is -0.115. The molecule has 0 aliphatic rings. The largest absolute Gasteiger partial charge is 0.343 e. The van der Waals surface area contributed by atoms with Gasteiger partial charge in [0.2, 0.25) is 5.91 Å². The number of fused-ring (bicyclic) bond motifs is 1. The zero-order valence-corrected chi connectivity index (χ0v) is 14.4. The molecule has 5 nitrogen and oxygen atoms in total. The molecule has 0 unspecified atom stereocenters. The summed E-state index contributed by atoms with van der Waals surface area (Å²) >= 11 is 11.7. The highest BCUT2D eigenvalue weighted by Crippen LogP contribution is 2.22. The molecular formula is C18H13Cl2N3O2. The highest BCUT2D eigenvalue weighted by Gasteiger charge is 2.10. The van der Waals surface area contributed by atoms with Gasteiger partial charge in [0.05, 0.1) is 34.0 Å². The summed E-state index contributed by atoms with van der Waals surface area (Å²) in [7, 11) is 0. The summed E-state index contributed by atoms with van der Waals surface area (Å²) in [6.45, 7) is -0.175. The number of rotatable bonds is 4. The minimum atomic E-state index is -0.412. The number of amides is 2. The van der Waals surface area contributed by atoms with Crippen LogP contribution in [0, 0.1) is 0 Å². The maximum atomic E-state index is 12.0. The van der Waals surface area contributed by atoms with Gasteiger partial charge in [-0.3, -0.25) is 14.6 Å². The smallest absolute Gasteiger partial charge is 0.251 e. The van der Waals surface area contributed by atoms with Gasteiger partial charge in [0.25, 0.3) is 5.91 Å². The van der Waals surface area contributed by atoms with Crippen molar-refractivity contribution in [2.75, 3.05) is 11.9 Å². The van der Waals surface area contributed by atoms with Crippen molar-refractivity contribution in [3.05, 3.63) is 70.3 Å². The Morgan fingerprint density at radius 2 is 1.80 bits per heavy atom. The fourth-order valence-corrected chi connectivity index (χ4v) is 2.54. The summed E-state index contributed by atoms with van der Waals surface area (Å²) in [5.74, 6) is -0.768. The molecule has 25 heavy (non-hydrogen) atoms. The van der Waals surface area contributed by atoms with E-state index in [4.69, 9.17) is 23.2 Å². The van der Waals surface area contributed by atoms with Crippen LogP contribution in [0.3, 0.4) is 0 Å². The summed E-state index contributed by atoms with van der Waals surface area (Å²) in [6.07, 6.45) is 1.57. The molecule has 0 aliphatic carbocycles. The molecule has 1 heterocycles. The number of anilines is 1. The third-order valence-electron chi connectivity index (χ3n) is 3.47. The Morgan fingerprint density at radius 3 is 2.60 bits per heavy atom. The van der Waals surface area contributed by atoms with Gasteiger partial charge in [0.1, 0.15) is 0 Å². The Hall–Kier alpha value is -2.63. The number of nitrogens with zero attached hydrogens (tertiary/aromatic N) is 1. The summed E-state index contributed by atoms with van der Waals surface area (Å²) in [5, 5.41) is 6.78. The van der Waals surface area contributed by atoms with Crippen LogP contribution in [-0.2, 0) is 4.79 Å². The van der Waals surface area contributed by atoms with E-state index in [2.05, 4.69) is 15.6 Å². The van der Waals surface area contributed by atoms with Crippen molar-refractivity contribution in [2.45, 2.75) is 0 Å². The first kappa shape index (κ1) is 17.2. The predicted octanol–water partition coefficient (Wildman–Crippen LogP) is 3.91. The summed E-state index contributed by atoms with van der Waals surface area (Å²) in [5.41, 5.74) is 1.73. The average Bonchev–Trinajstić information content (AvgIpc) is 2.62. The second-order valence-corrected chi connectivity index (χ2v) is 6.09. The van der Waals surface area contributed by atoms with Crippen LogP contribution in [0.2, 0.25) is 10.0 Å². The van der Waals surface area contributed by atoms with Crippen LogP contribution in [0.1, 0.15) is 10.4 Å². The minimum Gasteiger partial charge on any atom is -0.343 e. The van der Waals surface area contributed by atoms with Crippen LogP contribution in [0.15, 0.2) is 54.7 Å². The van der Waals surface area contributed by atoms with E-state index < -0.39 is 5.91 Å². The fraction of sp³-hybridized carbons (Fsp3) is 0.0556.